The fourth-order valence-corrected chi connectivity index (χ4v) is 2.93. The van der Waals surface area contributed by atoms with Crippen LogP contribution < -0.4 is 11.3 Å². The van der Waals surface area contributed by atoms with Crippen molar-refractivity contribution in [3.05, 3.63) is 0 Å². The van der Waals surface area contributed by atoms with Gasteiger partial charge in [-0.05, 0) is 24.7 Å². The molecule has 0 radical (unpaired) electrons. The second-order valence-corrected chi connectivity index (χ2v) is 5.63. The van der Waals surface area contributed by atoms with E-state index in [9.17, 15) is 0 Å². The predicted molar refractivity (Wildman–Crippen MR) is 72.6 cm³/mol. The highest BCUT2D eigenvalue weighted by molar-refractivity contribution is 4.76. The molecule has 0 aromatic carbocycles. The Hall–Kier alpha value is -0.120. The number of hydrogen-bond donors (Lipinski definition) is 2. The highest BCUT2D eigenvalue weighted by Gasteiger charge is 2.21. The molecule has 0 saturated heterocycles. The van der Waals surface area contributed by atoms with Gasteiger partial charge in [-0.3, -0.25) is 11.3 Å². The van der Waals surface area contributed by atoms with E-state index in [4.69, 9.17) is 10.6 Å². The standard InChI is InChI=1S/C14H30N2O/c1-12(9-10-17-2)14(16-15)11-13-7-5-3-4-6-8-13/h12-14,16H,3-11,15H2,1-2H3. The maximum absolute atomic E-state index is 5.71. The first-order chi connectivity index (χ1) is 8.27. The van der Waals surface area contributed by atoms with Crippen LogP contribution in [0.15, 0.2) is 0 Å². The van der Waals surface area contributed by atoms with E-state index in [0.29, 0.717) is 12.0 Å². The molecule has 1 rings (SSSR count). The molecule has 0 heterocycles. The van der Waals surface area contributed by atoms with Crippen molar-refractivity contribution in [2.24, 2.45) is 17.7 Å². The minimum atomic E-state index is 0.452. The molecule has 3 heteroatoms. The summed E-state index contributed by atoms with van der Waals surface area (Å²) >= 11 is 0. The van der Waals surface area contributed by atoms with Crippen LogP contribution in [0.2, 0.25) is 0 Å². The molecule has 0 bridgehead atoms. The topological polar surface area (TPSA) is 47.3 Å². The monoisotopic (exact) mass is 242 g/mol. The van der Waals surface area contributed by atoms with Crippen molar-refractivity contribution in [2.45, 2.75) is 64.3 Å². The summed E-state index contributed by atoms with van der Waals surface area (Å²) in [5, 5.41) is 0. The first-order valence-corrected chi connectivity index (χ1v) is 7.23. The van der Waals surface area contributed by atoms with Crippen LogP contribution >= 0.6 is 0 Å². The van der Waals surface area contributed by atoms with E-state index in [0.717, 1.165) is 18.9 Å². The second kappa shape index (κ2) is 8.90. The molecule has 1 aliphatic rings. The summed E-state index contributed by atoms with van der Waals surface area (Å²) in [4.78, 5) is 0. The van der Waals surface area contributed by atoms with E-state index in [1.807, 2.05) is 0 Å². The minimum Gasteiger partial charge on any atom is -0.385 e. The molecule has 3 nitrogen and oxygen atoms in total. The highest BCUT2D eigenvalue weighted by Crippen LogP contribution is 2.28. The van der Waals surface area contributed by atoms with Crippen molar-refractivity contribution < 1.29 is 4.74 Å². The predicted octanol–water partition coefficient (Wildman–Crippen LogP) is 2.85. The van der Waals surface area contributed by atoms with Crippen LogP contribution in [0.5, 0.6) is 0 Å². The van der Waals surface area contributed by atoms with Crippen LogP contribution in [0.25, 0.3) is 0 Å². The molecular formula is C14H30N2O. The molecule has 0 aromatic heterocycles. The summed E-state index contributed by atoms with van der Waals surface area (Å²) in [7, 11) is 1.77. The van der Waals surface area contributed by atoms with Crippen molar-refractivity contribution in [3.8, 4) is 0 Å². The molecule has 0 spiro atoms. The number of methoxy groups -OCH3 is 1. The van der Waals surface area contributed by atoms with Gasteiger partial charge in [-0.25, -0.2) is 0 Å². The van der Waals surface area contributed by atoms with Crippen molar-refractivity contribution >= 4 is 0 Å². The lowest BCUT2D eigenvalue weighted by atomic mass is 9.86. The smallest absolute Gasteiger partial charge is 0.0465 e. The maximum atomic E-state index is 5.71. The summed E-state index contributed by atoms with van der Waals surface area (Å²) in [5.74, 6) is 7.19. The van der Waals surface area contributed by atoms with Gasteiger partial charge in [-0.1, -0.05) is 45.4 Å². The fraction of sp³-hybridized carbons (Fsp3) is 1.00. The average Bonchev–Trinajstić information content (AvgIpc) is 2.61. The van der Waals surface area contributed by atoms with Gasteiger partial charge in [0.15, 0.2) is 0 Å². The Morgan fingerprint density at radius 2 is 1.88 bits per heavy atom. The molecule has 1 fully saturated rings. The number of rotatable bonds is 7. The number of hydrazine groups is 1. The van der Waals surface area contributed by atoms with Gasteiger partial charge in [0.05, 0.1) is 0 Å². The number of hydrogen-bond acceptors (Lipinski definition) is 3. The third-order valence-corrected chi connectivity index (χ3v) is 4.24. The van der Waals surface area contributed by atoms with Crippen molar-refractivity contribution in [2.75, 3.05) is 13.7 Å². The maximum Gasteiger partial charge on any atom is 0.0465 e. The number of nitrogens with two attached hydrogens (primary N) is 1. The molecule has 0 aliphatic heterocycles. The van der Waals surface area contributed by atoms with Gasteiger partial charge in [0, 0.05) is 19.8 Å². The third kappa shape index (κ3) is 5.84. The Balaban J connectivity index is 2.33. The van der Waals surface area contributed by atoms with E-state index in [-0.39, 0.29) is 0 Å². The molecule has 2 unspecified atom stereocenters. The van der Waals surface area contributed by atoms with E-state index in [1.165, 1.54) is 44.9 Å². The van der Waals surface area contributed by atoms with Crippen molar-refractivity contribution in [1.29, 1.82) is 0 Å². The van der Waals surface area contributed by atoms with Crippen LogP contribution in [0.3, 0.4) is 0 Å². The number of nitrogens with one attached hydrogen (secondary N) is 1. The van der Waals surface area contributed by atoms with Gasteiger partial charge in [0.1, 0.15) is 0 Å². The Morgan fingerprint density at radius 1 is 1.24 bits per heavy atom. The molecular weight excluding hydrogens is 212 g/mol. The highest BCUT2D eigenvalue weighted by atomic mass is 16.5. The largest absolute Gasteiger partial charge is 0.385 e. The normalized spacial score (nSPS) is 22.1. The Bertz CT molecular complexity index is 179. The van der Waals surface area contributed by atoms with Crippen molar-refractivity contribution in [1.82, 2.24) is 5.43 Å². The Kier molecular flexibility index (Phi) is 7.82. The summed E-state index contributed by atoms with van der Waals surface area (Å²) < 4.78 is 5.15. The lowest BCUT2D eigenvalue weighted by molar-refractivity contribution is 0.164. The quantitative estimate of drug-likeness (QED) is 0.410. The molecule has 3 N–H and O–H groups in total. The lowest BCUT2D eigenvalue weighted by Crippen LogP contribution is -2.41. The third-order valence-electron chi connectivity index (χ3n) is 4.24. The van der Waals surface area contributed by atoms with Crippen LogP contribution in [0, 0.1) is 11.8 Å². The van der Waals surface area contributed by atoms with E-state index in [2.05, 4.69) is 12.3 Å². The van der Waals surface area contributed by atoms with Crippen LogP contribution in [0.1, 0.15) is 58.3 Å². The Labute approximate surface area is 106 Å². The summed E-state index contributed by atoms with van der Waals surface area (Å²) in [6.07, 6.45) is 10.8. The summed E-state index contributed by atoms with van der Waals surface area (Å²) in [5.41, 5.74) is 3.02. The molecule has 1 aliphatic carbocycles. The van der Waals surface area contributed by atoms with Gasteiger partial charge in [-0.2, -0.15) is 0 Å². The van der Waals surface area contributed by atoms with Gasteiger partial charge in [0.2, 0.25) is 0 Å². The SMILES string of the molecule is COCCC(C)C(CC1CCCCCC1)NN. The molecule has 1 saturated carbocycles. The lowest BCUT2D eigenvalue weighted by Gasteiger charge is -2.27. The molecule has 102 valence electrons. The van der Waals surface area contributed by atoms with E-state index >= 15 is 0 Å². The zero-order valence-corrected chi connectivity index (χ0v) is 11.6. The minimum absolute atomic E-state index is 0.452. The van der Waals surface area contributed by atoms with Crippen LogP contribution in [-0.4, -0.2) is 19.8 Å². The summed E-state index contributed by atoms with van der Waals surface area (Å²) in [6, 6.07) is 0.452. The van der Waals surface area contributed by atoms with Crippen LogP contribution in [0.4, 0.5) is 0 Å². The van der Waals surface area contributed by atoms with Gasteiger partial charge in [0.25, 0.3) is 0 Å². The van der Waals surface area contributed by atoms with E-state index < -0.39 is 0 Å². The van der Waals surface area contributed by atoms with Gasteiger partial charge >= 0.3 is 0 Å². The first-order valence-electron chi connectivity index (χ1n) is 7.23. The molecule has 17 heavy (non-hydrogen) atoms. The zero-order chi connectivity index (χ0) is 12.5. The molecule has 0 aromatic rings. The van der Waals surface area contributed by atoms with Gasteiger partial charge < -0.3 is 4.74 Å². The number of ether oxygens (including phenoxy) is 1. The second-order valence-electron chi connectivity index (χ2n) is 5.63. The van der Waals surface area contributed by atoms with Crippen LogP contribution in [-0.2, 0) is 4.74 Å². The molecule has 2 atom stereocenters. The van der Waals surface area contributed by atoms with Crippen molar-refractivity contribution in [3.63, 3.8) is 0 Å². The molecule has 0 amide bonds. The first kappa shape index (κ1) is 14.9. The Morgan fingerprint density at radius 3 is 2.41 bits per heavy atom. The van der Waals surface area contributed by atoms with Gasteiger partial charge in [-0.15, -0.1) is 0 Å². The average molecular weight is 242 g/mol. The van der Waals surface area contributed by atoms with E-state index in [1.54, 1.807) is 7.11 Å². The zero-order valence-electron chi connectivity index (χ0n) is 11.6. The summed E-state index contributed by atoms with van der Waals surface area (Å²) in [6.45, 7) is 3.12. The fourth-order valence-electron chi connectivity index (χ4n) is 2.93.